The van der Waals surface area contributed by atoms with Crippen LogP contribution in [0.3, 0.4) is 0 Å². The van der Waals surface area contributed by atoms with Crippen LogP contribution in [-0.2, 0) is 14.6 Å². The predicted octanol–water partition coefficient (Wildman–Crippen LogP) is 4.89. The molecule has 0 spiro atoms. The van der Waals surface area contributed by atoms with Gasteiger partial charge in [0.1, 0.15) is 5.75 Å². The Balaban J connectivity index is 2.23. The Hall–Kier alpha value is -1.37. The number of Topliss-reactive ketones (excluding diaryl/α,β-unsaturated/α-hetero) is 1. The second kappa shape index (κ2) is 7.48. The molecule has 2 aromatic carbocycles. The number of hydrogen-bond donors (Lipinski definition) is 0. The molecule has 0 amide bonds. The first-order valence-electron chi connectivity index (χ1n) is 7.48. The molecule has 134 valence electrons. The molecule has 1 atom stereocenters. The smallest absolute Gasteiger partial charge is 0.211 e. The summed E-state index contributed by atoms with van der Waals surface area (Å²) in [6.07, 6.45) is 0. The van der Waals surface area contributed by atoms with Crippen LogP contribution < -0.4 is 4.74 Å². The van der Waals surface area contributed by atoms with Crippen LogP contribution in [0.15, 0.2) is 58.3 Å². The lowest BCUT2D eigenvalue weighted by atomic mass is 9.91. The maximum atomic E-state index is 12.6. The molecule has 7 heteroatoms. The minimum Gasteiger partial charge on any atom is -0.471 e. The van der Waals surface area contributed by atoms with Gasteiger partial charge in [-0.3, -0.25) is 4.79 Å². The van der Waals surface area contributed by atoms with Crippen LogP contribution in [0.1, 0.15) is 20.8 Å². The molecule has 0 aromatic heterocycles. The Bertz CT molecular complexity index is 871. The van der Waals surface area contributed by atoms with Crippen LogP contribution in [0.2, 0.25) is 5.02 Å². The number of rotatable bonds is 5. The monoisotopic (exact) mass is 444 g/mol. The Morgan fingerprint density at radius 3 is 2.16 bits per heavy atom. The highest BCUT2D eigenvalue weighted by Gasteiger charge is 2.29. The topological polar surface area (TPSA) is 60.4 Å². The van der Waals surface area contributed by atoms with Gasteiger partial charge in [0.25, 0.3) is 0 Å². The largest absolute Gasteiger partial charge is 0.471 e. The third-order valence-corrected chi connectivity index (χ3v) is 6.32. The van der Waals surface area contributed by atoms with Gasteiger partial charge in [-0.05, 0) is 52.3 Å². The zero-order valence-corrected chi connectivity index (χ0v) is 17.2. The van der Waals surface area contributed by atoms with Crippen LogP contribution in [0, 0.1) is 5.41 Å². The minimum absolute atomic E-state index is 0.0478. The number of ether oxygens (including phenoxy) is 1. The molecule has 2 rings (SSSR count). The highest BCUT2D eigenvalue weighted by atomic mass is 79.9. The molecule has 0 heterocycles. The number of alkyl halides is 1. The van der Waals surface area contributed by atoms with Crippen molar-refractivity contribution in [3.8, 4) is 5.75 Å². The fourth-order valence-corrected chi connectivity index (χ4v) is 4.67. The SMILES string of the molecule is CC(C)(C)C(=O)C(Br)Oc1ccc(S(=O)(=O)c2ccccc2Cl)cc1. The van der Waals surface area contributed by atoms with Gasteiger partial charge in [0, 0.05) is 5.41 Å². The Morgan fingerprint density at radius 2 is 1.64 bits per heavy atom. The van der Waals surface area contributed by atoms with Crippen LogP contribution in [0.4, 0.5) is 0 Å². The summed E-state index contributed by atoms with van der Waals surface area (Å²) in [5.41, 5.74) is -0.554. The number of benzene rings is 2. The van der Waals surface area contributed by atoms with Gasteiger partial charge in [0.15, 0.2) is 5.78 Å². The molecule has 2 aromatic rings. The van der Waals surface area contributed by atoms with E-state index >= 15 is 0 Å². The van der Waals surface area contributed by atoms with Crippen molar-refractivity contribution in [3.05, 3.63) is 53.6 Å². The molecular weight excluding hydrogens is 428 g/mol. The molecule has 0 radical (unpaired) electrons. The molecule has 0 saturated carbocycles. The number of sulfone groups is 1. The Morgan fingerprint density at radius 1 is 1.08 bits per heavy atom. The third kappa shape index (κ3) is 4.63. The second-order valence-electron chi connectivity index (χ2n) is 6.45. The highest BCUT2D eigenvalue weighted by Crippen LogP contribution is 2.29. The first-order chi connectivity index (χ1) is 11.5. The molecule has 0 fully saturated rings. The summed E-state index contributed by atoms with van der Waals surface area (Å²) in [4.78, 5) is 12.3. The summed E-state index contributed by atoms with van der Waals surface area (Å²) in [6.45, 7) is 5.39. The van der Waals surface area contributed by atoms with E-state index in [1.165, 1.54) is 36.4 Å². The number of carbonyl (C=O) groups is 1. The fourth-order valence-electron chi connectivity index (χ4n) is 2.00. The lowest BCUT2D eigenvalue weighted by molar-refractivity contribution is -0.129. The summed E-state index contributed by atoms with van der Waals surface area (Å²) in [5, 5.41) is -0.641. The van der Waals surface area contributed by atoms with Crippen molar-refractivity contribution in [3.63, 3.8) is 0 Å². The average Bonchev–Trinajstić information content (AvgIpc) is 2.54. The number of halogens is 2. The zero-order chi connectivity index (χ0) is 18.8. The van der Waals surface area contributed by atoms with E-state index in [0.29, 0.717) is 5.75 Å². The molecule has 0 N–H and O–H groups in total. The number of carbonyl (C=O) groups excluding carboxylic acids is 1. The molecule has 0 bridgehead atoms. The lowest BCUT2D eigenvalue weighted by Crippen LogP contribution is -2.32. The van der Waals surface area contributed by atoms with E-state index in [-0.39, 0.29) is 20.6 Å². The molecule has 0 aliphatic heterocycles. The molecule has 0 saturated heterocycles. The van der Waals surface area contributed by atoms with E-state index in [0.717, 1.165) is 0 Å². The van der Waals surface area contributed by atoms with Crippen LogP contribution in [0.5, 0.6) is 5.75 Å². The van der Waals surface area contributed by atoms with E-state index in [2.05, 4.69) is 15.9 Å². The second-order valence-corrected chi connectivity index (χ2v) is 9.61. The molecule has 1 unspecified atom stereocenters. The van der Waals surface area contributed by atoms with Crippen molar-refractivity contribution in [2.45, 2.75) is 35.6 Å². The standard InChI is InChI=1S/C18H18BrClO4S/c1-18(2,3)16(21)17(19)24-12-8-10-13(11-9-12)25(22,23)15-7-5-4-6-14(15)20/h4-11,17H,1-3H3. The van der Waals surface area contributed by atoms with Gasteiger partial charge < -0.3 is 4.74 Å². The highest BCUT2D eigenvalue weighted by molar-refractivity contribution is 9.09. The number of ketones is 1. The Kier molecular flexibility index (Phi) is 5.97. The summed E-state index contributed by atoms with van der Waals surface area (Å²) >= 11 is 9.20. The van der Waals surface area contributed by atoms with Crippen LogP contribution in [-0.4, -0.2) is 19.2 Å². The summed E-state index contributed by atoms with van der Waals surface area (Å²) < 4.78 is 30.8. The van der Waals surface area contributed by atoms with Crippen molar-refractivity contribution >= 4 is 43.2 Å². The van der Waals surface area contributed by atoms with Crippen LogP contribution in [0.25, 0.3) is 0 Å². The van der Waals surface area contributed by atoms with E-state index in [9.17, 15) is 13.2 Å². The zero-order valence-electron chi connectivity index (χ0n) is 14.0. The molecule has 25 heavy (non-hydrogen) atoms. The minimum atomic E-state index is -3.72. The molecule has 0 aliphatic carbocycles. The van der Waals surface area contributed by atoms with Crippen LogP contribution >= 0.6 is 27.5 Å². The van der Waals surface area contributed by atoms with Crippen molar-refractivity contribution in [1.29, 1.82) is 0 Å². The molecular formula is C18H18BrClO4S. The van der Waals surface area contributed by atoms with E-state index in [1.54, 1.807) is 32.9 Å². The fraction of sp³-hybridized carbons (Fsp3) is 0.278. The quantitative estimate of drug-likeness (QED) is 0.615. The first kappa shape index (κ1) is 19.9. The number of hydrogen-bond acceptors (Lipinski definition) is 4. The molecule has 4 nitrogen and oxygen atoms in total. The molecule has 0 aliphatic rings. The van der Waals surface area contributed by atoms with Crippen molar-refractivity contribution < 1.29 is 17.9 Å². The lowest BCUT2D eigenvalue weighted by Gasteiger charge is -2.21. The van der Waals surface area contributed by atoms with Gasteiger partial charge in [-0.2, -0.15) is 0 Å². The van der Waals surface area contributed by atoms with Gasteiger partial charge in [-0.25, -0.2) is 8.42 Å². The maximum Gasteiger partial charge on any atom is 0.211 e. The van der Waals surface area contributed by atoms with E-state index in [1.807, 2.05) is 0 Å². The Labute approximate surface area is 161 Å². The van der Waals surface area contributed by atoms with Crippen molar-refractivity contribution in [1.82, 2.24) is 0 Å². The van der Waals surface area contributed by atoms with Gasteiger partial charge in [0.2, 0.25) is 14.9 Å². The van der Waals surface area contributed by atoms with Crippen molar-refractivity contribution in [2.75, 3.05) is 0 Å². The normalized spacial score (nSPS) is 13.3. The van der Waals surface area contributed by atoms with E-state index < -0.39 is 20.3 Å². The average molecular weight is 446 g/mol. The van der Waals surface area contributed by atoms with Gasteiger partial charge in [-0.1, -0.05) is 44.5 Å². The van der Waals surface area contributed by atoms with Gasteiger partial charge in [-0.15, -0.1) is 0 Å². The predicted molar refractivity (Wildman–Crippen MR) is 101 cm³/mol. The van der Waals surface area contributed by atoms with E-state index in [4.69, 9.17) is 16.3 Å². The van der Waals surface area contributed by atoms with Crippen molar-refractivity contribution in [2.24, 2.45) is 5.41 Å². The summed E-state index contributed by atoms with van der Waals surface area (Å²) in [6, 6.07) is 12.1. The summed E-state index contributed by atoms with van der Waals surface area (Å²) in [5.74, 6) is 0.276. The van der Waals surface area contributed by atoms with Gasteiger partial charge in [0.05, 0.1) is 14.8 Å². The van der Waals surface area contributed by atoms with Gasteiger partial charge >= 0.3 is 0 Å². The first-order valence-corrected chi connectivity index (χ1v) is 10.3. The maximum absolute atomic E-state index is 12.6. The summed E-state index contributed by atoms with van der Waals surface area (Å²) in [7, 11) is -3.72. The third-order valence-electron chi connectivity index (χ3n) is 3.45.